The summed E-state index contributed by atoms with van der Waals surface area (Å²) in [6.45, 7) is 11.3. The molecule has 0 heterocycles. The van der Waals surface area contributed by atoms with Gasteiger partial charge < -0.3 is 9.16 Å². The van der Waals surface area contributed by atoms with Crippen LogP contribution in [-0.4, -0.2) is 28.3 Å². The van der Waals surface area contributed by atoms with Crippen molar-refractivity contribution >= 4 is 40.0 Å². The van der Waals surface area contributed by atoms with E-state index < -0.39 is 18.3 Å². The first-order chi connectivity index (χ1) is 13.8. The van der Waals surface area contributed by atoms with Gasteiger partial charge in [0.05, 0.1) is 18.0 Å². The molecule has 0 aliphatic heterocycles. The van der Waals surface area contributed by atoms with Gasteiger partial charge >= 0.3 is 0 Å². The van der Waals surface area contributed by atoms with E-state index in [1.165, 1.54) is 0 Å². The van der Waals surface area contributed by atoms with Crippen LogP contribution in [0.2, 0.25) is 18.1 Å². The normalized spacial score (nSPS) is 13.7. The lowest BCUT2D eigenvalue weighted by atomic mass is 10.1. The van der Waals surface area contributed by atoms with Crippen LogP contribution in [0.1, 0.15) is 38.0 Å². The quantitative estimate of drug-likeness (QED) is 0.325. The van der Waals surface area contributed by atoms with Gasteiger partial charge in [0.2, 0.25) is 10.0 Å². The molecule has 0 bridgehead atoms. The average Bonchev–Trinajstić information content (AvgIpc) is 2.63. The summed E-state index contributed by atoms with van der Waals surface area (Å²) in [6.07, 6.45) is 0.948. The van der Waals surface area contributed by atoms with E-state index in [-0.39, 0.29) is 11.1 Å². The second-order valence-corrected chi connectivity index (χ2v) is 16.1. The molecule has 0 spiro atoms. The van der Waals surface area contributed by atoms with E-state index in [4.69, 9.17) is 9.16 Å². The van der Waals surface area contributed by atoms with E-state index in [1.807, 2.05) is 36.4 Å². The van der Waals surface area contributed by atoms with Crippen LogP contribution in [0.5, 0.6) is 5.75 Å². The van der Waals surface area contributed by atoms with Gasteiger partial charge in [-0.05, 0) is 41.4 Å². The zero-order chi connectivity index (χ0) is 22.6. The Bertz CT molecular complexity index is 943. The monoisotopic (exact) mass is 513 g/mol. The van der Waals surface area contributed by atoms with E-state index in [2.05, 4.69) is 54.5 Å². The summed E-state index contributed by atoms with van der Waals surface area (Å²) in [5.74, 6) is 0.480. The van der Waals surface area contributed by atoms with Gasteiger partial charge in [-0.2, -0.15) is 0 Å². The van der Waals surface area contributed by atoms with Crippen molar-refractivity contribution in [3.05, 3.63) is 59.7 Å². The molecular formula is C22H32BrNO4SSi. The number of hydrogen-bond acceptors (Lipinski definition) is 4. The third-order valence-corrected chi connectivity index (χ3v) is 11.0. The highest BCUT2D eigenvalue weighted by Gasteiger charge is 2.39. The highest BCUT2D eigenvalue weighted by molar-refractivity contribution is 9.09. The molecule has 2 aromatic rings. The Morgan fingerprint density at radius 3 is 2.27 bits per heavy atom. The average molecular weight is 515 g/mol. The topological polar surface area (TPSA) is 64.6 Å². The Hall–Kier alpha value is -1.35. The molecule has 0 aromatic heterocycles. The van der Waals surface area contributed by atoms with Crippen LogP contribution in [-0.2, 0) is 21.1 Å². The van der Waals surface area contributed by atoms with Crippen LogP contribution in [0, 0.1) is 0 Å². The molecule has 0 fully saturated rings. The Morgan fingerprint density at radius 1 is 1.10 bits per heavy atom. The standard InChI is InChI=1S/C22H32BrNO4SSi/c1-22(2,3)30(5,6)28-21(15-23)18-12-13-20(19(14-18)24-29(4,25)26)27-16-17-10-8-7-9-11-17/h7-14,21,24H,15-16H2,1-6H3/t21-/m1/s1. The van der Waals surface area contributed by atoms with E-state index in [1.54, 1.807) is 12.1 Å². The molecule has 2 aromatic carbocycles. The molecule has 166 valence electrons. The molecule has 0 aliphatic rings. The van der Waals surface area contributed by atoms with Crippen molar-refractivity contribution < 1.29 is 17.6 Å². The molecule has 2 rings (SSSR count). The van der Waals surface area contributed by atoms with E-state index in [0.717, 1.165) is 17.4 Å². The summed E-state index contributed by atoms with van der Waals surface area (Å²) in [5, 5.41) is 0.683. The second kappa shape index (κ2) is 9.85. The van der Waals surface area contributed by atoms with E-state index >= 15 is 0 Å². The predicted octanol–water partition coefficient (Wildman–Crippen LogP) is 6.09. The Labute approximate surface area is 190 Å². The lowest BCUT2D eigenvalue weighted by Crippen LogP contribution is -2.42. The van der Waals surface area contributed by atoms with Crippen molar-refractivity contribution in [1.82, 2.24) is 0 Å². The Kier molecular flexibility index (Phi) is 8.18. The minimum Gasteiger partial charge on any atom is -0.487 e. The van der Waals surface area contributed by atoms with Gasteiger partial charge in [0.15, 0.2) is 8.32 Å². The van der Waals surface area contributed by atoms with Crippen LogP contribution >= 0.6 is 15.9 Å². The van der Waals surface area contributed by atoms with E-state index in [0.29, 0.717) is 23.4 Å². The highest BCUT2D eigenvalue weighted by atomic mass is 79.9. The fraction of sp³-hybridized carbons (Fsp3) is 0.455. The van der Waals surface area contributed by atoms with Crippen molar-refractivity contribution in [3.8, 4) is 5.75 Å². The predicted molar refractivity (Wildman–Crippen MR) is 130 cm³/mol. The second-order valence-electron chi connectivity index (χ2n) is 8.93. The van der Waals surface area contributed by atoms with Gasteiger partial charge in [-0.15, -0.1) is 0 Å². The molecule has 5 nitrogen and oxygen atoms in total. The minimum atomic E-state index is -3.46. The summed E-state index contributed by atoms with van der Waals surface area (Å²) >= 11 is 3.57. The number of alkyl halides is 1. The largest absolute Gasteiger partial charge is 0.487 e. The van der Waals surface area contributed by atoms with Crippen molar-refractivity contribution in [2.45, 2.75) is 51.6 Å². The van der Waals surface area contributed by atoms with Gasteiger partial charge in [0.1, 0.15) is 12.4 Å². The summed E-state index contributed by atoms with van der Waals surface area (Å²) in [4.78, 5) is 0. The SMILES string of the molecule is CC(C)(C)[Si](C)(C)O[C@H](CBr)c1ccc(OCc2ccccc2)c(NS(C)(=O)=O)c1. The zero-order valence-electron chi connectivity index (χ0n) is 18.5. The molecule has 0 amide bonds. The number of benzene rings is 2. The van der Waals surface area contributed by atoms with E-state index in [9.17, 15) is 8.42 Å². The van der Waals surface area contributed by atoms with Crippen molar-refractivity contribution in [3.63, 3.8) is 0 Å². The molecular weight excluding hydrogens is 482 g/mol. The molecule has 0 unspecified atom stereocenters. The third-order valence-electron chi connectivity index (χ3n) is 5.29. The number of hydrogen-bond donors (Lipinski definition) is 1. The van der Waals surface area contributed by atoms with Gasteiger partial charge in [-0.1, -0.05) is 73.1 Å². The number of rotatable bonds is 9. The van der Waals surface area contributed by atoms with Crippen molar-refractivity contribution in [2.24, 2.45) is 0 Å². The van der Waals surface area contributed by atoms with Gasteiger partial charge in [-0.3, -0.25) is 4.72 Å². The van der Waals surface area contributed by atoms with Crippen LogP contribution < -0.4 is 9.46 Å². The van der Waals surface area contributed by atoms with Gasteiger partial charge in [0.25, 0.3) is 0 Å². The fourth-order valence-electron chi connectivity index (χ4n) is 2.61. The molecule has 0 saturated carbocycles. The number of halogens is 1. The summed E-state index contributed by atoms with van der Waals surface area (Å²) in [7, 11) is -5.47. The van der Waals surface area contributed by atoms with Crippen LogP contribution in [0.3, 0.4) is 0 Å². The first kappa shape index (κ1) is 24.9. The first-order valence-corrected chi connectivity index (χ1v) is 15.8. The summed E-state index contributed by atoms with van der Waals surface area (Å²) < 4.78 is 38.9. The summed E-state index contributed by atoms with van der Waals surface area (Å²) in [6, 6.07) is 15.3. The smallest absolute Gasteiger partial charge is 0.229 e. The minimum absolute atomic E-state index is 0.0694. The fourth-order valence-corrected chi connectivity index (χ4v) is 5.20. The first-order valence-electron chi connectivity index (χ1n) is 9.84. The van der Waals surface area contributed by atoms with Gasteiger partial charge in [0, 0.05) is 5.33 Å². The van der Waals surface area contributed by atoms with Crippen molar-refractivity contribution in [2.75, 3.05) is 16.3 Å². The number of sulfonamides is 1. The molecule has 1 atom stereocenters. The molecule has 0 aliphatic carbocycles. The van der Waals surface area contributed by atoms with Crippen molar-refractivity contribution in [1.29, 1.82) is 0 Å². The molecule has 8 heteroatoms. The number of ether oxygens (including phenoxy) is 1. The lowest BCUT2D eigenvalue weighted by molar-refractivity contribution is 0.208. The molecule has 30 heavy (non-hydrogen) atoms. The molecule has 1 N–H and O–H groups in total. The van der Waals surface area contributed by atoms with Gasteiger partial charge in [-0.25, -0.2) is 8.42 Å². The third kappa shape index (κ3) is 7.11. The highest BCUT2D eigenvalue weighted by Crippen LogP contribution is 2.41. The summed E-state index contributed by atoms with van der Waals surface area (Å²) in [5.41, 5.74) is 2.32. The molecule has 0 radical (unpaired) electrons. The maximum atomic E-state index is 11.9. The Balaban J connectivity index is 2.33. The molecule has 0 saturated heterocycles. The maximum Gasteiger partial charge on any atom is 0.229 e. The maximum absolute atomic E-state index is 11.9. The number of nitrogens with one attached hydrogen (secondary N) is 1. The zero-order valence-corrected chi connectivity index (χ0v) is 21.9. The lowest BCUT2D eigenvalue weighted by Gasteiger charge is -2.39. The van der Waals surface area contributed by atoms with Crippen LogP contribution in [0.15, 0.2) is 48.5 Å². The van der Waals surface area contributed by atoms with Crippen LogP contribution in [0.4, 0.5) is 5.69 Å². The Morgan fingerprint density at radius 2 is 1.73 bits per heavy atom. The number of anilines is 1. The van der Waals surface area contributed by atoms with Crippen LogP contribution in [0.25, 0.3) is 0 Å².